The molecular formula is C15H19N3S. The van der Waals surface area contributed by atoms with E-state index in [0.717, 1.165) is 13.0 Å². The molecule has 3 nitrogen and oxygen atoms in total. The van der Waals surface area contributed by atoms with Gasteiger partial charge in [-0.2, -0.15) is 0 Å². The quantitative estimate of drug-likeness (QED) is 0.856. The van der Waals surface area contributed by atoms with Crippen LogP contribution in [0.4, 0.5) is 0 Å². The van der Waals surface area contributed by atoms with E-state index in [1.807, 2.05) is 18.5 Å². The van der Waals surface area contributed by atoms with Crippen molar-refractivity contribution in [3.63, 3.8) is 0 Å². The molecule has 100 valence electrons. The van der Waals surface area contributed by atoms with E-state index in [0.29, 0.717) is 6.04 Å². The Morgan fingerprint density at radius 2 is 2.42 bits per heavy atom. The molecule has 0 radical (unpaired) electrons. The standard InChI is InChI=1S/C15H19N3S/c1-12-17-14(11-19-12)6-9-18-8-3-5-15(18)13-4-2-7-16-10-13/h2,4,7,10-11,15H,3,5-6,8-9H2,1H3. The lowest BCUT2D eigenvalue weighted by Gasteiger charge is -2.24. The number of likely N-dealkylation sites (tertiary alicyclic amines) is 1. The van der Waals surface area contributed by atoms with Crippen LogP contribution < -0.4 is 0 Å². The normalized spacial score (nSPS) is 19.9. The summed E-state index contributed by atoms with van der Waals surface area (Å²) in [4.78, 5) is 11.4. The zero-order valence-corrected chi connectivity index (χ0v) is 12.1. The maximum atomic E-state index is 4.55. The highest BCUT2D eigenvalue weighted by Gasteiger charge is 2.25. The van der Waals surface area contributed by atoms with Gasteiger partial charge < -0.3 is 0 Å². The fourth-order valence-electron chi connectivity index (χ4n) is 2.83. The second-order valence-electron chi connectivity index (χ2n) is 5.09. The molecule has 0 aromatic carbocycles. The Bertz CT molecular complexity index is 523. The number of nitrogens with zero attached hydrogens (tertiary/aromatic N) is 3. The van der Waals surface area contributed by atoms with Crippen LogP contribution in [0.2, 0.25) is 0 Å². The van der Waals surface area contributed by atoms with Gasteiger partial charge >= 0.3 is 0 Å². The van der Waals surface area contributed by atoms with Crippen LogP contribution in [-0.4, -0.2) is 28.0 Å². The highest BCUT2D eigenvalue weighted by atomic mass is 32.1. The van der Waals surface area contributed by atoms with Crippen LogP contribution in [-0.2, 0) is 6.42 Å². The summed E-state index contributed by atoms with van der Waals surface area (Å²) in [5.74, 6) is 0. The van der Waals surface area contributed by atoms with Crippen molar-refractivity contribution in [2.24, 2.45) is 0 Å². The predicted molar refractivity (Wildman–Crippen MR) is 78.3 cm³/mol. The summed E-state index contributed by atoms with van der Waals surface area (Å²) < 4.78 is 0. The lowest BCUT2D eigenvalue weighted by molar-refractivity contribution is 0.259. The van der Waals surface area contributed by atoms with Crippen molar-refractivity contribution in [3.8, 4) is 0 Å². The molecule has 1 saturated heterocycles. The molecule has 3 heterocycles. The Balaban J connectivity index is 1.64. The van der Waals surface area contributed by atoms with E-state index in [-0.39, 0.29) is 0 Å². The van der Waals surface area contributed by atoms with Crippen LogP contribution in [0, 0.1) is 6.92 Å². The molecule has 0 amide bonds. The summed E-state index contributed by atoms with van der Waals surface area (Å²) in [7, 11) is 0. The van der Waals surface area contributed by atoms with Crippen molar-refractivity contribution >= 4 is 11.3 Å². The fraction of sp³-hybridized carbons (Fsp3) is 0.467. The smallest absolute Gasteiger partial charge is 0.0897 e. The summed E-state index contributed by atoms with van der Waals surface area (Å²) in [5.41, 5.74) is 2.59. The molecule has 0 aliphatic carbocycles. The molecule has 1 fully saturated rings. The molecule has 0 spiro atoms. The average molecular weight is 273 g/mol. The first-order valence-electron chi connectivity index (χ1n) is 6.88. The third-order valence-electron chi connectivity index (χ3n) is 3.75. The molecule has 1 unspecified atom stereocenters. The van der Waals surface area contributed by atoms with Gasteiger partial charge in [-0.05, 0) is 37.9 Å². The first kappa shape index (κ1) is 12.8. The minimum absolute atomic E-state index is 0.549. The number of hydrogen-bond donors (Lipinski definition) is 0. The summed E-state index contributed by atoms with van der Waals surface area (Å²) in [6.07, 6.45) is 7.45. The van der Waals surface area contributed by atoms with E-state index in [9.17, 15) is 0 Å². The highest BCUT2D eigenvalue weighted by Crippen LogP contribution is 2.31. The van der Waals surface area contributed by atoms with E-state index in [2.05, 4.69) is 33.2 Å². The number of hydrogen-bond acceptors (Lipinski definition) is 4. The molecule has 3 rings (SSSR count). The van der Waals surface area contributed by atoms with Crippen LogP contribution in [0.3, 0.4) is 0 Å². The van der Waals surface area contributed by atoms with Gasteiger partial charge in [0.1, 0.15) is 0 Å². The van der Waals surface area contributed by atoms with Crippen LogP contribution in [0.5, 0.6) is 0 Å². The maximum Gasteiger partial charge on any atom is 0.0897 e. The van der Waals surface area contributed by atoms with Gasteiger partial charge in [-0.3, -0.25) is 9.88 Å². The van der Waals surface area contributed by atoms with Gasteiger partial charge in [0.05, 0.1) is 10.7 Å². The lowest BCUT2D eigenvalue weighted by Crippen LogP contribution is -2.25. The van der Waals surface area contributed by atoms with Gasteiger partial charge in [-0.1, -0.05) is 6.07 Å². The topological polar surface area (TPSA) is 29.0 Å². The van der Waals surface area contributed by atoms with Crippen molar-refractivity contribution in [2.75, 3.05) is 13.1 Å². The van der Waals surface area contributed by atoms with Gasteiger partial charge in [0.25, 0.3) is 0 Å². The van der Waals surface area contributed by atoms with Crippen molar-refractivity contribution in [1.29, 1.82) is 0 Å². The van der Waals surface area contributed by atoms with E-state index < -0.39 is 0 Å². The summed E-state index contributed by atoms with van der Waals surface area (Å²) in [6.45, 7) is 4.37. The molecule has 2 aromatic rings. The molecule has 0 N–H and O–H groups in total. The first-order valence-corrected chi connectivity index (χ1v) is 7.76. The largest absolute Gasteiger partial charge is 0.296 e. The fourth-order valence-corrected chi connectivity index (χ4v) is 3.47. The predicted octanol–water partition coefficient (Wildman–Crippen LogP) is 3.23. The molecular weight excluding hydrogens is 254 g/mol. The van der Waals surface area contributed by atoms with E-state index >= 15 is 0 Å². The van der Waals surface area contributed by atoms with E-state index in [4.69, 9.17) is 0 Å². The summed E-state index contributed by atoms with van der Waals surface area (Å²) in [5, 5.41) is 3.35. The zero-order valence-electron chi connectivity index (χ0n) is 11.2. The first-order chi connectivity index (χ1) is 9.33. The zero-order chi connectivity index (χ0) is 13.1. The number of aromatic nitrogens is 2. The average Bonchev–Trinajstić information content (AvgIpc) is 3.06. The van der Waals surface area contributed by atoms with Gasteiger partial charge in [0.15, 0.2) is 0 Å². The van der Waals surface area contributed by atoms with Gasteiger partial charge in [-0.15, -0.1) is 11.3 Å². The SMILES string of the molecule is Cc1nc(CCN2CCCC2c2cccnc2)cs1. The molecule has 0 saturated carbocycles. The monoisotopic (exact) mass is 273 g/mol. The number of thiazole rings is 1. The molecule has 2 aromatic heterocycles. The third kappa shape index (κ3) is 3.01. The molecule has 4 heteroatoms. The Morgan fingerprint density at radius 3 is 3.16 bits per heavy atom. The molecule has 1 atom stereocenters. The maximum absolute atomic E-state index is 4.55. The number of rotatable bonds is 4. The second kappa shape index (κ2) is 5.80. The number of pyridine rings is 1. The van der Waals surface area contributed by atoms with Crippen LogP contribution >= 0.6 is 11.3 Å². The lowest BCUT2D eigenvalue weighted by atomic mass is 10.1. The Labute approximate surface area is 118 Å². The minimum Gasteiger partial charge on any atom is -0.296 e. The van der Waals surface area contributed by atoms with Crippen molar-refractivity contribution in [1.82, 2.24) is 14.9 Å². The van der Waals surface area contributed by atoms with E-state index in [1.165, 1.54) is 35.7 Å². The van der Waals surface area contributed by atoms with Crippen molar-refractivity contribution < 1.29 is 0 Å². The van der Waals surface area contributed by atoms with E-state index in [1.54, 1.807) is 11.3 Å². The summed E-state index contributed by atoms with van der Waals surface area (Å²) in [6, 6.07) is 4.78. The molecule has 0 bridgehead atoms. The van der Waals surface area contributed by atoms with Gasteiger partial charge in [0, 0.05) is 36.8 Å². The second-order valence-corrected chi connectivity index (χ2v) is 6.15. The summed E-state index contributed by atoms with van der Waals surface area (Å²) >= 11 is 1.74. The highest BCUT2D eigenvalue weighted by molar-refractivity contribution is 7.09. The van der Waals surface area contributed by atoms with Crippen LogP contribution in [0.15, 0.2) is 29.9 Å². The molecule has 1 aliphatic heterocycles. The van der Waals surface area contributed by atoms with Gasteiger partial charge in [-0.25, -0.2) is 4.98 Å². The number of aryl methyl sites for hydroxylation is 1. The van der Waals surface area contributed by atoms with Crippen molar-refractivity contribution in [3.05, 3.63) is 46.2 Å². The van der Waals surface area contributed by atoms with Gasteiger partial charge in [0.2, 0.25) is 0 Å². The van der Waals surface area contributed by atoms with Crippen LogP contribution in [0.25, 0.3) is 0 Å². The molecule has 19 heavy (non-hydrogen) atoms. The Morgan fingerprint density at radius 1 is 1.47 bits per heavy atom. The minimum atomic E-state index is 0.549. The Kier molecular flexibility index (Phi) is 3.89. The van der Waals surface area contributed by atoms with Crippen LogP contribution in [0.1, 0.15) is 35.1 Å². The third-order valence-corrected chi connectivity index (χ3v) is 4.58. The van der Waals surface area contributed by atoms with Crippen molar-refractivity contribution in [2.45, 2.75) is 32.2 Å². The Hall–Kier alpha value is -1.26. The molecule has 1 aliphatic rings.